The van der Waals surface area contributed by atoms with Crippen LogP contribution in [0.1, 0.15) is 11.1 Å². The third kappa shape index (κ3) is 4.13. The first-order valence-corrected chi connectivity index (χ1v) is 6.95. The number of hydrogen-bond donors (Lipinski definition) is 0. The Morgan fingerprint density at radius 3 is 2.48 bits per heavy atom. The Balaban J connectivity index is 2.04. The molecule has 0 heterocycles. The zero-order valence-corrected chi connectivity index (χ0v) is 12.8. The lowest BCUT2D eigenvalue weighted by molar-refractivity contribution is -0.385. The average molecular weight is 350 g/mol. The minimum atomic E-state index is -0.469. The molecule has 0 bridgehead atoms. The van der Waals surface area contributed by atoms with Crippen LogP contribution in [0.25, 0.3) is 0 Å². The van der Waals surface area contributed by atoms with E-state index >= 15 is 0 Å². The largest absolute Gasteiger partial charge is 0.426 e. The highest BCUT2D eigenvalue weighted by Gasteiger charge is 2.13. The van der Waals surface area contributed by atoms with Crippen LogP contribution in [-0.4, -0.2) is 10.9 Å². The van der Waals surface area contributed by atoms with Gasteiger partial charge in [0.15, 0.2) is 0 Å². The van der Waals surface area contributed by atoms with Gasteiger partial charge in [0.25, 0.3) is 5.69 Å². The maximum atomic E-state index is 11.8. The molecule has 0 aliphatic rings. The van der Waals surface area contributed by atoms with Crippen LogP contribution in [0, 0.1) is 17.0 Å². The van der Waals surface area contributed by atoms with E-state index in [1.165, 1.54) is 18.2 Å². The van der Waals surface area contributed by atoms with Crippen molar-refractivity contribution in [2.45, 2.75) is 13.3 Å². The number of benzene rings is 2. The second-order valence-electron chi connectivity index (χ2n) is 4.48. The molecule has 0 fully saturated rings. The van der Waals surface area contributed by atoms with Crippen molar-refractivity contribution in [3.05, 3.63) is 68.2 Å². The van der Waals surface area contributed by atoms with E-state index in [0.717, 1.165) is 10.0 Å². The summed E-state index contributed by atoms with van der Waals surface area (Å²) in [7, 11) is 0. The van der Waals surface area contributed by atoms with Gasteiger partial charge in [0.05, 0.1) is 11.3 Å². The molecule has 6 heteroatoms. The fourth-order valence-electron chi connectivity index (χ4n) is 1.83. The Labute approximate surface area is 129 Å². The van der Waals surface area contributed by atoms with Crippen LogP contribution in [0.2, 0.25) is 0 Å². The summed E-state index contributed by atoms with van der Waals surface area (Å²) < 4.78 is 6.13. The van der Waals surface area contributed by atoms with Crippen molar-refractivity contribution in [3.8, 4) is 5.75 Å². The molecule has 0 saturated heterocycles. The number of halogens is 1. The molecule has 0 unspecified atom stereocenters. The van der Waals surface area contributed by atoms with E-state index < -0.39 is 10.9 Å². The zero-order valence-electron chi connectivity index (χ0n) is 11.2. The lowest BCUT2D eigenvalue weighted by Gasteiger charge is -2.06. The summed E-state index contributed by atoms with van der Waals surface area (Å²) in [6.45, 7) is 1.60. The number of nitrogens with zero attached hydrogens (tertiary/aromatic N) is 1. The standard InChI is InChI=1S/C15H12BrNO4/c1-10-8-13(6-7-14(10)17(19)20)21-15(18)9-11-2-4-12(16)5-3-11/h2-8H,9H2,1H3. The highest BCUT2D eigenvalue weighted by molar-refractivity contribution is 9.10. The fraction of sp³-hybridized carbons (Fsp3) is 0.133. The Morgan fingerprint density at radius 1 is 1.24 bits per heavy atom. The highest BCUT2D eigenvalue weighted by atomic mass is 79.9. The Bertz CT molecular complexity index is 683. The zero-order chi connectivity index (χ0) is 15.4. The summed E-state index contributed by atoms with van der Waals surface area (Å²) in [6, 6.07) is 11.6. The van der Waals surface area contributed by atoms with E-state index in [-0.39, 0.29) is 12.1 Å². The van der Waals surface area contributed by atoms with Gasteiger partial charge in [-0.1, -0.05) is 28.1 Å². The van der Waals surface area contributed by atoms with Gasteiger partial charge in [0, 0.05) is 16.1 Å². The lowest BCUT2D eigenvalue weighted by atomic mass is 10.1. The smallest absolute Gasteiger partial charge is 0.315 e. The lowest BCUT2D eigenvalue weighted by Crippen LogP contribution is -2.11. The van der Waals surface area contributed by atoms with Gasteiger partial charge in [-0.25, -0.2) is 0 Å². The van der Waals surface area contributed by atoms with Gasteiger partial charge in [-0.3, -0.25) is 14.9 Å². The molecule has 5 nitrogen and oxygen atoms in total. The van der Waals surface area contributed by atoms with Crippen LogP contribution >= 0.6 is 15.9 Å². The SMILES string of the molecule is Cc1cc(OC(=O)Cc2ccc(Br)cc2)ccc1[N+](=O)[O-]. The number of aryl methyl sites for hydroxylation is 1. The monoisotopic (exact) mass is 349 g/mol. The molecule has 0 spiro atoms. The summed E-state index contributed by atoms with van der Waals surface area (Å²) >= 11 is 3.32. The van der Waals surface area contributed by atoms with Gasteiger partial charge in [0.1, 0.15) is 5.75 Å². The third-order valence-electron chi connectivity index (χ3n) is 2.86. The molecule has 2 aromatic carbocycles. The summed E-state index contributed by atoms with van der Waals surface area (Å²) in [6.07, 6.45) is 0.142. The second-order valence-corrected chi connectivity index (χ2v) is 5.40. The first-order chi connectivity index (χ1) is 9.95. The molecule has 0 aromatic heterocycles. The van der Waals surface area contributed by atoms with Crippen LogP contribution in [0.15, 0.2) is 46.9 Å². The van der Waals surface area contributed by atoms with Gasteiger partial charge >= 0.3 is 5.97 Å². The number of nitro groups is 1. The first kappa shape index (κ1) is 15.2. The molecule has 0 atom stereocenters. The topological polar surface area (TPSA) is 69.4 Å². The summed E-state index contributed by atoms with van der Waals surface area (Å²) in [5.41, 5.74) is 1.29. The average Bonchev–Trinajstić information content (AvgIpc) is 2.41. The van der Waals surface area contributed by atoms with Crippen molar-refractivity contribution < 1.29 is 14.5 Å². The van der Waals surface area contributed by atoms with Crippen molar-refractivity contribution in [1.82, 2.24) is 0 Å². The number of ether oxygens (including phenoxy) is 1. The van der Waals surface area contributed by atoms with Crippen molar-refractivity contribution in [3.63, 3.8) is 0 Å². The summed E-state index contributed by atoms with van der Waals surface area (Å²) in [4.78, 5) is 22.1. The predicted octanol–water partition coefficient (Wildman–Crippen LogP) is 3.81. The molecule has 0 N–H and O–H groups in total. The molecule has 2 aromatic rings. The Hall–Kier alpha value is -2.21. The first-order valence-electron chi connectivity index (χ1n) is 6.16. The van der Waals surface area contributed by atoms with E-state index in [1.54, 1.807) is 6.92 Å². The third-order valence-corrected chi connectivity index (χ3v) is 3.39. The van der Waals surface area contributed by atoms with Crippen LogP contribution in [0.3, 0.4) is 0 Å². The predicted molar refractivity (Wildman–Crippen MR) is 81.3 cm³/mol. The van der Waals surface area contributed by atoms with Gasteiger partial charge in [-0.2, -0.15) is 0 Å². The van der Waals surface area contributed by atoms with E-state index in [2.05, 4.69) is 15.9 Å². The van der Waals surface area contributed by atoms with Gasteiger partial charge < -0.3 is 4.74 Å². The number of hydrogen-bond acceptors (Lipinski definition) is 4. The maximum absolute atomic E-state index is 11.8. The summed E-state index contributed by atoms with van der Waals surface area (Å²) in [5, 5.41) is 10.7. The number of carbonyl (C=O) groups excluding carboxylic acids is 1. The molecule has 0 aliphatic heterocycles. The van der Waals surface area contributed by atoms with Crippen molar-refractivity contribution in [2.24, 2.45) is 0 Å². The Morgan fingerprint density at radius 2 is 1.90 bits per heavy atom. The highest BCUT2D eigenvalue weighted by Crippen LogP contribution is 2.23. The van der Waals surface area contributed by atoms with E-state index in [0.29, 0.717) is 11.3 Å². The molecular formula is C15H12BrNO4. The van der Waals surface area contributed by atoms with Gasteiger partial charge in [-0.15, -0.1) is 0 Å². The number of carbonyl (C=O) groups is 1. The van der Waals surface area contributed by atoms with E-state index in [4.69, 9.17) is 4.74 Å². The molecule has 2 rings (SSSR count). The van der Waals surface area contributed by atoms with Gasteiger partial charge in [0.2, 0.25) is 0 Å². The van der Waals surface area contributed by atoms with Crippen molar-refractivity contribution in [1.29, 1.82) is 0 Å². The maximum Gasteiger partial charge on any atom is 0.315 e. The van der Waals surface area contributed by atoms with Gasteiger partial charge in [-0.05, 0) is 36.8 Å². The van der Waals surface area contributed by atoms with Crippen LogP contribution in [0.4, 0.5) is 5.69 Å². The number of esters is 1. The quantitative estimate of drug-likeness (QED) is 0.364. The van der Waals surface area contributed by atoms with Crippen LogP contribution < -0.4 is 4.74 Å². The molecular weight excluding hydrogens is 338 g/mol. The molecule has 108 valence electrons. The van der Waals surface area contributed by atoms with E-state index in [9.17, 15) is 14.9 Å². The Kier molecular flexibility index (Phi) is 4.70. The normalized spacial score (nSPS) is 10.2. The van der Waals surface area contributed by atoms with Crippen LogP contribution in [-0.2, 0) is 11.2 Å². The molecule has 0 saturated carbocycles. The molecule has 21 heavy (non-hydrogen) atoms. The molecule has 0 radical (unpaired) electrons. The second kappa shape index (κ2) is 6.49. The molecule has 0 amide bonds. The van der Waals surface area contributed by atoms with Crippen LogP contribution in [0.5, 0.6) is 5.75 Å². The minimum absolute atomic E-state index is 0.00251. The van der Waals surface area contributed by atoms with Crippen molar-refractivity contribution >= 4 is 27.6 Å². The van der Waals surface area contributed by atoms with Crippen molar-refractivity contribution in [2.75, 3.05) is 0 Å². The number of rotatable bonds is 4. The fourth-order valence-corrected chi connectivity index (χ4v) is 2.10. The number of nitro benzene ring substituents is 1. The molecule has 0 aliphatic carbocycles. The van der Waals surface area contributed by atoms with E-state index in [1.807, 2.05) is 24.3 Å². The minimum Gasteiger partial charge on any atom is -0.426 e. The summed E-state index contributed by atoms with van der Waals surface area (Å²) in [5.74, 6) is -0.106.